The molecule has 0 aliphatic carbocycles. The van der Waals surface area contributed by atoms with Gasteiger partial charge in [-0.15, -0.1) is 11.3 Å². The second-order valence-electron chi connectivity index (χ2n) is 3.58. The summed E-state index contributed by atoms with van der Waals surface area (Å²) in [6.45, 7) is 3.99. The third-order valence-corrected chi connectivity index (χ3v) is 4.94. The molecule has 2 aromatic rings. The lowest BCUT2D eigenvalue weighted by atomic mass is 10.1. The Balaban J connectivity index is 2.54. The van der Waals surface area contributed by atoms with Crippen molar-refractivity contribution in [2.24, 2.45) is 0 Å². The second kappa shape index (κ2) is 4.92. The number of aryl methyl sites for hydroxylation is 1. The Morgan fingerprint density at radius 3 is 2.65 bits per heavy atom. The summed E-state index contributed by atoms with van der Waals surface area (Å²) in [5.41, 5.74) is 7.86. The van der Waals surface area contributed by atoms with Gasteiger partial charge in [0, 0.05) is 15.7 Å². The molecule has 0 fully saturated rings. The molecular formula is C11H11BrClN3S. The number of nitrogens with zero attached hydrogens (tertiary/aromatic N) is 2. The van der Waals surface area contributed by atoms with Crippen molar-refractivity contribution in [3.05, 3.63) is 26.1 Å². The fourth-order valence-electron chi connectivity index (χ4n) is 1.62. The molecule has 0 radical (unpaired) electrons. The van der Waals surface area contributed by atoms with Gasteiger partial charge in [-0.1, -0.05) is 18.5 Å². The van der Waals surface area contributed by atoms with Crippen LogP contribution in [-0.4, -0.2) is 9.97 Å². The number of anilines is 1. The average Bonchev–Trinajstić information content (AvgIpc) is 2.59. The molecule has 0 aliphatic rings. The molecule has 2 heterocycles. The lowest BCUT2D eigenvalue weighted by molar-refractivity contribution is 1.01. The van der Waals surface area contributed by atoms with Gasteiger partial charge in [-0.3, -0.25) is 0 Å². The predicted molar refractivity (Wildman–Crippen MR) is 76.6 cm³/mol. The zero-order valence-corrected chi connectivity index (χ0v) is 12.6. The molecule has 0 aliphatic heterocycles. The molecule has 2 aromatic heterocycles. The monoisotopic (exact) mass is 331 g/mol. The van der Waals surface area contributed by atoms with Crippen LogP contribution in [0.15, 0.2) is 10.5 Å². The van der Waals surface area contributed by atoms with Crippen molar-refractivity contribution in [1.82, 2.24) is 9.97 Å². The fourth-order valence-corrected chi connectivity index (χ4v) is 3.26. The number of hydrogen-bond donors (Lipinski definition) is 1. The highest BCUT2D eigenvalue weighted by molar-refractivity contribution is 9.10. The molecule has 0 atom stereocenters. The van der Waals surface area contributed by atoms with Crippen LogP contribution in [-0.2, 0) is 6.42 Å². The van der Waals surface area contributed by atoms with E-state index in [0.717, 1.165) is 27.0 Å². The molecule has 0 unspecified atom stereocenters. The number of rotatable bonds is 2. The first-order valence-corrected chi connectivity index (χ1v) is 7.09. The number of thiophene rings is 1. The smallest absolute Gasteiger partial charge is 0.171 e. The average molecular weight is 333 g/mol. The van der Waals surface area contributed by atoms with E-state index in [4.69, 9.17) is 17.3 Å². The van der Waals surface area contributed by atoms with Crippen LogP contribution in [0.5, 0.6) is 0 Å². The highest BCUT2D eigenvalue weighted by atomic mass is 79.9. The van der Waals surface area contributed by atoms with Crippen LogP contribution >= 0.6 is 38.9 Å². The lowest BCUT2D eigenvalue weighted by Gasteiger charge is -2.07. The topological polar surface area (TPSA) is 51.8 Å². The van der Waals surface area contributed by atoms with Crippen LogP contribution in [0.4, 0.5) is 5.82 Å². The summed E-state index contributed by atoms with van der Waals surface area (Å²) in [6, 6.07) is 1.91. The van der Waals surface area contributed by atoms with Crippen molar-refractivity contribution in [2.75, 3.05) is 5.73 Å². The van der Waals surface area contributed by atoms with E-state index >= 15 is 0 Å². The molecule has 0 bridgehead atoms. The summed E-state index contributed by atoms with van der Waals surface area (Å²) in [4.78, 5) is 9.71. The van der Waals surface area contributed by atoms with Crippen molar-refractivity contribution in [2.45, 2.75) is 20.3 Å². The van der Waals surface area contributed by atoms with Gasteiger partial charge < -0.3 is 5.73 Å². The van der Waals surface area contributed by atoms with Crippen molar-refractivity contribution in [3.63, 3.8) is 0 Å². The molecule has 0 spiro atoms. The molecule has 90 valence electrons. The molecular weight excluding hydrogens is 322 g/mol. The molecule has 0 saturated heterocycles. The van der Waals surface area contributed by atoms with E-state index in [1.54, 1.807) is 0 Å². The lowest BCUT2D eigenvalue weighted by Crippen LogP contribution is -2.03. The summed E-state index contributed by atoms with van der Waals surface area (Å²) >= 11 is 10.8. The van der Waals surface area contributed by atoms with Crippen molar-refractivity contribution >= 4 is 44.7 Å². The van der Waals surface area contributed by atoms with Gasteiger partial charge >= 0.3 is 0 Å². The van der Waals surface area contributed by atoms with Crippen LogP contribution in [0.3, 0.4) is 0 Å². The Bertz CT molecular complexity index is 525. The highest BCUT2D eigenvalue weighted by Crippen LogP contribution is 2.37. The highest BCUT2D eigenvalue weighted by Gasteiger charge is 2.13. The van der Waals surface area contributed by atoms with Crippen molar-refractivity contribution in [3.8, 4) is 10.7 Å². The van der Waals surface area contributed by atoms with E-state index < -0.39 is 0 Å². The zero-order valence-electron chi connectivity index (χ0n) is 9.42. The van der Waals surface area contributed by atoms with E-state index in [9.17, 15) is 0 Å². The maximum atomic E-state index is 6.00. The first-order valence-electron chi connectivity index (χ1n) is 5.11. The van der Waals surface area contributed by atoms with Gasteiger partial charge in [0.15, 0.2) is 5.82 Å². The molecule has 0 aromatic carbocycles. The summed E-state index contributed by atoms with van der Waals surface area (Å²) in [6.07, 6.45) is 0.840. The van der Waals surface area contributed by atoms with Crippen molar-refractivity contribution < 1.29 is 0 Å². The molecule has 3 nitrogen and oxygen atoms in total. The Labute approximate surface area is 117 Å². The van der Waals surface area contributed by atoms with E-state index in [2.05, 4.69) is 25.9 Å². The third kappa shape index (κ3) is 2.46. The number of hydrogen-bond acceptors (Lipinski definition) is 4. The first-order chi connectivity index (χ1) is 8.02. The van der Waals surface area contributed by atoms with Crippen LogP contribution in [0.25, 0.3) is 10.7 Å². The van der Waals surface area contributed by atoms with Gasteiger partial charge in [0.25, 0.3) is 0 Å². The molecule has 2 rings (SSSR count). The molecule has 17 heavy (non-hydrogen) atoms. The molecule has 2 N–H and O–H groups in total. The minimum absolute atomic E-state index is 0.552. The maximum absolute atomic E-state index is 6.00. The van der Waals surface area contributed by atoms with E-state index in [-0.39, 0.29) is 0 Å². The van der Waals surface area contributed by atoms with Gasteiger partial charge in [-0.25, -0.2) is 9.97 Å². The van der Waals surface area contributed by atoms with Gasteiger partial charge in [0.1, 0.15) is 10.2 Å². The van der Waals surface area contributed by atoms with Crippen molar-refractivity contribution in [1.29, 1.82) is 0 Å². The molecule has 0 amide bonds. The quantitative estimate of drug-likeness (QED) is 0.901. The normalized spacial score (nSPS) is 10.8. The maximum Gasteiger partial charge on any atom is 0.171 e. The standard InChI is InChI=1S/C11H11BrClN3S/c1-3-6-5(2)15-11(16-10(6)14)8-4-7(12)9(13)17-8/h4H,3H2,1-2H3,(H2,14,15,16). The Morgan fingerprint density at radius 1 is 1.47 bits per heavy atom. The minimum atomic E-state index is 0.552. The SMILES string of the molecule is CCc1c(C)nc(-c2cc(Br)c(Cl)s2)nc1N. The summed E-state index contributed by atoms with van der Waals surface area (Å²) < 4.78 is 1.55. The predicted octanol–water partition coefficient (Wildman–Crippen LogP) is 4.07. The Kier molecular flexibility index (Phi) is 3.70. The summed E-state index contributed by atoms with van der Waals surface area (Å²) in [7, 11) is 0. The fraction of sp³-hybridized carbons (Fsp3) is 0.273. The minimum Gasteiger partial charge on any atom is -0.383 e. The molecule has 6 heteroatoms. The largest absolute Gasteiger partial charge is 0.383 e. The zero-order chi connectivity index (χ0) is 12.6. The van der Waals surface area contributed by atoms with Gasteiger partial charge in [-0.05, 0) is 35.3 Å². The second-order valence-corrected chi connectivity index (χ2v) is 6.09. The van der Waals surface area contributed by atoms with E-state index in [1.807, 2.05) is 19.9 Å². The van der Waals surface area contributed by atoms with Gasteiger partial charge in [0.05, 0.1) is 4.88 Å². The van der Waals surface area contributed by atoms with Crippen LogP contribution in [0, 0.1) is 6.92 Å². The van der Waals surface area contributed by atoms with Gasteiger partial charge in [-0.2, -0.15) is 0 Å². The van der Waals surface area contributed by atoms with Crippen LogP contribution < -0.4 is 5.73 Å². The number of nitrogens with two attached hydrogens (primary N) is 1. The van der Waals surface area contributed by atoms with Crippen LogP contribution in [0.2, 0.25) is 4.34 Å². The summed E-state index contributed by atoms with van der Waals surface area (Å²) in [5.74, 6) is 1.19. The number of nitrogen functional groups attached to an aromatic ring is 1. The number of halogens is 2. The number of aromatic nitrogens is 2. The van der Waals surface area contributed by atoms with E-state index in [1.165, 1.54) is 11.3 Å². The van der Waals surface area contributed by atoms with E-state index in [0.29, 0.717) is 16.0 Å². The Hall–Kier alpha value is -0.650. The first kappa shape index (κ1) is 12.8. The summed E-state index contributed by atoms with van der Waals surface area (Å²) in [5, 5.41) is 0. The van der Waals surface area contributed by atoms with Crippen LogP contribution in [0.1, 0.15) is 18.2 Å². The third-order valence-electron chi connectivity index (χ3n) is 2.46. The molecule has 0 saturated carbocycles. The van der Waals surface area contributed by atoms with Gasteiger partial charge in [0.2, 0.25) is 0 Å². The Morgan fingerprint density at radius 2 is 2.18 bits per heavy atom.